The zero-order chi connectivity index (χ0) is 22.1. The smallest absolute Gasteiger partial charge is 0.196 e. The van der Waals surface area contributed by atoms with Crippen LogP contribution in [0.4, 0.5) is 5.69 Å². The maximum Gasteiger partial charge on any atom is 0.196 e. The first-order chi connectivity index (χ1) is 15.1. The number of hydrogen-bond acceptors (Lipinski definition) is 5. The van der Waals surface area contributed by atoms with Gasteiger partial charge in [-0.15, -0.1) is 24.0 Å². The fourth-order valence-corrected chi connectivity index (χ4v) is 3.54. The van der Waals surface area contributed by atoms with Gasteiger partial charge in [0.15, 0.2) is 17.5 Å². The maximum atomic E-state index is 5.39. The van der Waals surface area contributed by atoms with E-state index in [1.165, 1.54) is 11.1 Å². The van der Waals surface area contributed by atoms with Crippen LogP contribution in [0.15, 0.2) is 47.5 Å². The van der Waals surface area contributed by atoms with E-state index in [4.69, 9.17) is 14.5 Å². The van der Waals surface area contributed by atoms with E-state index in [9.17, 15) is 0 Å². The fraction of sp³-hybridized carbons (Fsp3) is 0.458. The number of guanidine groups is 1. The lowest BCUT2D eigenvalue weighted by molar-refractivity contribution is 0.148. The number of rotatable bonds is 8. The van der Waals surface area contributed by atoms with Crippen LogP contribution < -0.4 is 20.1 Å². The molecule has 0 amide bonds. The molecule has 8 heteroatoms. The molecule has 0 spiro atoms. The van der Waals surface area contributed by atoms with Gasteiger partial charge >= 0.3 is 0 Å². The molecule has 0 unspecified atom stereocenters. The van der Waals surface area contributed by atoms with Gasteiger partial charge in [0, 0.05) is 51.0 Å². The summed E-state index contributed by atoms with van der Waals surface area (Å²) in [6.45, 7) is 9.02. The maximum absolute atomic E-state index is 5.39. The minimum absolute atomic E-state index is 0. The molecule has 1 heterocycles. The molecule has 1 fully saturated rings. The summed E-state index contributed by atoms with van der Waals surface area (Å²) in [7, 11) is 5.45. The minimum Gasteiger partial charge on any atom is -0.493 e. The van der Waals surface area contributed by atoms with Crippen LogP contribution in [0, 0.1) is 0 Å². The van der Waals surface area contributed by atoms with Gasteiger partial charge in [-0.2, -0.15) is 0 Å². The van der Waals surface area contributed by atoms with Gasteiger partial charge in [0.05, 0.1) is 20.8 Å². The van der Waals surface area contributed by atoms with Crippen LogP contribution in [0.5, 0.6) is 11.5 Å². The van der Waals surface area contributed by atoms with Gasteiger partial charge in [0.25, 0.3) is 0 Å². The molecular weight excluding hydrogens is 517 g/mol. The molecule has 2 aromatic rings. The van der Waals surface area contributed by atoms with Gasteiger partial charge in [-0.25, -0.2) is 4.99 Å². The summed E-state index contributed by atoms with van der Waals surface area (Å²) in [4.78, 5) is 9.64. The Kier molecular flexibility index (Phi) is 11.1. The number of nitrogens with one attached hydrogen (secondary N) is 2. The second kappa shape index (κ2) is 13.5. The Morgan fingerprint density at radius 1 is 0.938 bits per heavy atom. The molecule has 0 atom stereocenters. The minimum atomic E-state index is 0. The first-order valence-electron chi connectivity index (χ1n) is 10.9. The lowest BCUT2D eigenvalue weighted by Crippen LogP contribution is -2.43. The summed E-state index contributed by atoms with van der Waals surface area (Å²) in [6, 6.07) is 14.5. The first kappa shape index (κ1) is 26.2. The summed E-state index contributed by atoms with van der Waals surface area (Å²) >= 11 is 0. The van der Waals surface area contributed by atoms with Crippen molar-refractivity contribution in [3.8, 4) is 11.5 Å². The first-order valence-corrected chi connectivity index (χ1v) is 10.9. The Balaban J connectivity index is 0.00000363. The van der Waals surface area contributed by atoms with Crippen LogP contribution in [0.2, 0.25) is 0 Å². The Hall–Kier alpha value is -2.04. The quantitative estimate of drug-likeness (QED) is 0.296. The third-order valence-electron chi connectivity index (χ3n) is 5.44. The van der Waals surface area contributed by atoms with Crippen molar-refractivity contribution < 1.29 is 9.47 Å². The number of ether oxygens (including phenoxy) is 2. The molecule has 0 bridgehead atoms. The van der Waals surface area contributed by atoms with Gasteiger partial charge in [-0.1, -0.05) is 24.3 Å². The number of nitrogens with zero attached hydrogens (tertiary/aromatic N) is 3. The third-order valence-corrected chi connectivity index (χ3v) is 5.44. The molecular formula is C24H36IN5O2. The number of methoxy groups -OCH3 is 2. The number of anilines is 1. The number of benzene rings is 2. The molecule has 2 N–H and O–H groups in total. The third kappa shape index (κ3) is 7.83. The van der Waals surface area contributed by atoms with Crippen molar-refractivity contribution in [2.24, 2.45) is 4.99 Å². The van der Waals surface area contributed by atoms with Gasteiger partial charge in [0.1, 0.15) is 0 Å². The van der Waals surface area contributed by atoms with Crippen molar-refractivity contribution >= 4 is 35.6 Å². The summed E-state index contributed by atoms with van der Waals surface area (Å²) in [6.07, 6.45) is 0. The van der Waals surface area contributed by atoms with Crippen LogP contribution in [0.3, 0.4) is 0 Å². The highest BCUT2D eigenvalue weighted by atomic mass is 127. The Bertz CT molecular complexity index is 852. The van der Waals surface area contributed by atoms with E-state index in [0.29, 0.717) is 18.0 Å². The van der Waals surface area contributed by atoms with E-state index in [-0.39, 0.29) is 24.0 Å². The average molecular weight is 553 g/mol. The number of likely N-dealkylation sites (N-methyl/N-ethyl adjacent to an activating group) is 1. The van der Waals surface area contributed by atoms with Crippen molar-refractivity contribution in [2.45, 2.75) is 20.0 Å². The van der Waals surface area contributed by atoms with Crippen LogP contribution in [-0.2, 0) is 13.1 Å². The van der Waals surface area contributed by atoms with Crippen molar-refractivity contribution in [2.75, 3.05) is 59.3 Å². The lowest BCUT2D eigenvalue weighted by Gasteiger charge is -2.32. The van der Waals surface area contributed by atoms with Gasteiger partial charge in [-0.05, 0) is 37.2 Å². The summed E-state index contributed by atoms with van der Waals surface area (Å²) in [5, 5.41) is 6.63. The molecule has 0 aromatic heterocycles. The van der Waals surface area contributed by atoms with Gasteiger partial charge < -0.3 is 25.0 Å². The number of halogens is 1. The molecule has 2 aromatic carbocycles. The van der Waals surface area contributed by atoms with Crippen LogP contribution >= 0.6 is 24.0 Å². The normalized spacial score (nSPS) is 15.1. The van der Waals surface area contributed by atoms with Crippen molar-refractivity contribution in [3.63, 3.8) is 0 Å². The van der Waals surface area contributed by atoms with E-state index in [1.807, 2.05) is 18.2 Å². The Morgan fingerprint density at radius 3 is 2.22 bits per heavy atom. The molecule has 1 aliphatic heterocycles. The summed E-state index contributed by atoms with van der Waals surface area (Å²) < 4.78 is 10.7. The molecule has 3 rings (SSSR count). The highest BCUT2D eigenvalue weighted by molar-refractivity contribution is 14.0. The van der Waals surface area contributed by atoms with Crippen molar-refractivity contribution in [1.29, 1.82) is 0 Å². The van der Waals surface area contributed by atoms with Gasteiger partial charge in [-0.3, -0.25) is 4.90 Å². The van der Waals surface area contributed by atoms with Gasteiger partial charge in [0.2, 0.25) is 0 Å². The van der Waals surface area contributed by atoms with Crippen LogP contribution in [0.25, 0.3) is 0 Å². The number of aliphatic imine (C=N–C) groups is 1. The molecule has 32 heavy (non-hydrogen) atoms. The SMILES string of the molecule is CCNC(=NCc1ccc(CN2CCN(C)CC2)cc1)Nc1ccc(OC)c(OC)c1.I. The highest BCUT2D eigenvalue weighted by Gasteiger charge is 2.13. The van der Waals surface area contributed by atoms with Crippen LogP contribution in [0.1, 0.15) is 18.1 Å². The van der Waals surface area contributed by atoms with E-state index in [0.717, 1.165) is 50.9 Å². The second-order valence-corrected chi connectivity index (χ2v) is 7.79. The largest absolute Gasteiger partial charge is 0.493 e. The zero-order valence-electron chi connectivity index (χ0n) is 19.6. The number of hydrogen-bond donors (Lipinski definition) is 2. The molecule has 0 aliphatic carbocycles. The van der Waals surface area contributed by atoms with Crippen molar-refractivity contribution in [1.82, 2.24) is 15.1 Å². The predicted molar refractivity (Wildman–Crippen MR) is 143 cm³/mol. The Labute approximate surface area is 209 Å². The van der Waals surface area contributed by atoms with E-state index in [2.05, 4.69) is 58.7 Å². The lowest BCUT2D eigenvalue weighted by atomic mass is 10.1. The van der Waals surface area contributed by atoms with E-state index < -0.39 is 0 Å². The molecule has 7 nitrogen and oxygen atoms in total. The second-order valence-electron chi connectivity index (χ2n) is 7.79. The van der Waals surface area contributed by atoms with E-state index in [1.54, 1.807) is 14.2 Å². The monoisotopic (exact) mass is 553 g/mol. The van der Waals surface area contributed by atoms with Crippen LogP contribution in [-0.4, -0.2) is 69.8 Å². The summed E-state index contributed by atoms with van der Waals surface area (Å²) in [5.74, 6) is 2.11. The van der Waals surface area contributed by atoms with Crippen molar-refractivity contribution in [3.05, 3.63) is 53.6 Å². The topological polar surface area (TPSA) is 61.4 Å². The summed E-state index contributed by atoms with van der Waals surface area (Å²) in [5.41, 5.74) is 3.43. The predicted octanol–water partition coefficient (Wildman–Crippen LogP) is 3.65. The molecule has 0 radical (unpaired) electrons. The van der Waals surface area contributed by atoms with E-state index >= 15 is 0 Å². The molecule has 176 valence electrons. The fourth-order valence-electron chi connectivity index (χ4n) is 3.54. The molecule has 1 saturated heterocycles. The molecule has 1 aliphatic rings. The average Bonchev–Trinajstić information content (AvgIpc) is 2.80. The zero-order valence-corrected chi connectivity index (χ0v) is 21.9. The number of piperazine rings is 1. The highest BCUT2D eigenvalue weighted by Crippen LogP contribution is 2.29. The molecule has 0 saturated carbocycles. The Morgan fingerprint density at radius 2 is 1.59 bits per heavy atom. The standard InChI is InChI=1S/C24H35N5O2.HI/c1-5-25-24(27-21-10-11-22(30-3)23(16-21)31-4)26-17-19-6-8-20(9-7-19)18-29-14-12-28(2)13-15-29;/h6-11,16H,5,12-15,17-18H2,1-4H3,(H2,25,26,27);1H.